The van der Waals surface area contributed by atoms with Crippen molar-refractivity contribution in [2.75, 3.05) is 5.32 Å². The smallest absolute Gasteiger partial charge is 0.307 e. The fourth-order valence-corrected chi connectivity index (χ4v) is 7.27. The molecule has 5 rings (SSSR count). The Bertz CT molecular complexity index is 1070. The Kier molecular flexibility index (Phi) is 5.58. The zero-order chi connectivity index (χ0) is 23.3. The Morgan fingerprint density at radius 3 is 2.58 bits per heavy atom. The van der Waals surface area contributed by atoms with Crippen molar-refractivity contribution in [3.05, 3.63) is 46.8 Å². The molecule has 2 bridgehead atoms. The van der Waals surface area contributed by atoms with E-state index in [0.29, 0.717) is 17.9 Å². The molecule has 3 fully saturated rings. The lowest BCUT2D eigenvalue weighted by Gasteiger charge is -2.36. The van der Waals surface area contributed by atoms with E-state index in [2.05, 4.69) is 12.2 Å². The van der Waals surface area contributed by atoms with Gasteiger partial charge in [0.05, 0.1) is 18.7 Å². The quantitative estimate of drug-likeness (QED) is 0.612. The second kappa shape index (κ2) is 8.30. The van der Waals surface area contributed by atoms with E-state index in [1.165, 1.54) is 25.7 Å². The minimum Gasteiger partial charge on any atom is -0.481 e. The molecular formula is C27H35N3O3. The summed E-state index contributed by atoms with van der Waals surface area (Å²) in [7, 11) is 0. The summed E-state index contributed by atoms with van der Waals surface area (Å²) < 4.78 is 1.94. The Hall–Kier alpha value is -2.63. The van der Waals surface area contributed by atoms with Crippen LogP contribution in [-0.4, -0.2) is 26.8 Å². The van der Waals surface area contributed by atoms with Crippen LogP contribution in [0.1, 0.15) is 69.0 Å². The topological polar surface area (TPSA) is 84.2 Å². The highest BCUT2D eigenvalue weighted by molar-refractivity contribution is 5.93. The highest BCUT2D eigenvalue weighted by Crippen LogP contribution is 2.74. The summed E-state index contributed by atoms with van der Waals surface area (Å²) in [5.41, 5.74) is 4.94. The maximum atomic E-state index is 13.2. The van der Waals surface area contributed by atoms with Gasteiger partial charge >= 0.3 is 5.97 Å². The minimum absolute atomic E-state index is 0.0139. The van der Waals surface area contributed by atoms with Crippen molar-refractivity contribution in [2.45, 2.75) is 72.3 Å². The Morgan fingerprint density at radius 2 is 1.91 bits per heavy atom. The molecule has 5 atom stereocenters. The summed E-state index contributed by atoms with van der Waals surface area (Å²) in [6.07, 6.45) is 6.51. The third-order valence-electron chi connectivity index (χ3n) is 8.54. The number of carbonyl (C=O) groups excluding carboxylic acids is 1. The van der Waals surface area contributed by atoms with Crippen LogP contribution >= 0.6 is 0 Å². The number of fused-ring (bicyclic) bond motifs is 1. The third-order valence-corrected chi connectivity index (χ3v) is 8.54. The molecule has 0 saturated heterocycles. The fraction of sp³-hybridized carbons (Fsp3) is 0.593. The molecule has 1 amide bonds. The molecule has 6 heteroatoms. The number of carboxylic acids is 1. The summed E-state index contributed by atoms with van der Waals surface area (Å²) in [4.78, 5) is 24.6. The van der Waals surface area contributed by atoms with Gasteiger partial charge in [0, 0.05) is 22.9 Å². The molecule has 0 aliphatic heterocycles. The van der Waals surface area contributed by atoms with Crippen molar-refractivity contribution in [3.63, 3.8) is 0 Å². The number of hydrogen-bond acceptors (Lipinski definition) is 3. The summed E-state index contributed by atoms with van der Waals surface area (Å²) in [6, 6.07) is 8.03. The van der Waals surface area contributed by atoms with E-state index >= 15 is 0 Å². The Labute approximate surface area is 195 Å². The van der Waals surface area contributed by atoms with Crippen LogP contribution in [0.4, 0.5) is 5.69 Å². The van der Waals surface area contributed by atoms with Crippen molar-refractivity contribution in [2.24, 2.45) is 29.1 Å². The molecule has 1 heterocycles. The average molecular weight is 450 g/mol. The number of hydrogen-bond donors (Lipinski definition) is 2. The summed E-state index contributed by atoms with van der Waals surface area (Å²) in [5.74, 6) is 1.63. The van der Waals surface area contributed by atoms with Crippen molar-refractivity contribution >= 4 is 17.6 Å². The van der Waals surface area contributed by atoms with Gasteiger partial charge in [-0.15, -0.1) is 0 Å². The number of amides is 1. The van der Waals surface area contributed by atoms with E-state index < -0.39 is 5.97 Å². The molecule has 176 valence electrons. The SMILES string of the molecule is CCc1nn(Cc2ccc(NC(=O)C3[C@@H](C)C[C@H]4C[C@@H]5CC35C4)cc2)c(CC)c1CC(=O)O. The van der Waals surface area contributed by atoms with Crippen LogP contribution in [0.15, 0.2) is 24.3 Å². The fourth-order valence-electron chi connectivity index (χ4n) is 7.27. The van der Waals surface area contributed by atoms with E-state index in [9.17, 15) is 14.7 Å². The number of benzene rings is 1. The van der Waals surface area contributed by atoms with Gasteiger partial charge in [0.15, 0.2) is 0 Å². The number of carboxylic acid groups (broad SMARTS) is 1. The van der Waals surface area contributed by atoms with Crippen LogP contribution in [0.5, 0.6) is 0 Å². The zero-order valence-corrected chi connectivity index (χ0v) is 19.9. The molecule has 33 heavy (non-hydrogen) atoms. The molecule has 2 aromatic rings. The molecule has 1 spiro atoms. The molecule has 1 aromatic carbocycles. The first-order valence-electron chi connectivity index (χ1n) is 12.5. The lowest BCUT2D eigenvalue weighted by molar-refractivity contribution is -0.136. The van der Waals surface area contributed by atoms with Crippen molar-refractivity contribution in [3.8, 4) is 0 Å². The molecule has 3 aliphatic rings. The van der Waals surface area contributed by atoms with E-state index in [4.69, 9.17) is 5.10 Å². The number of anilines is 1. The summed E-state index contributed by atoms with van der Waals surface area (Å²) >= 11 is 0. The van der Waals surface area contributed by atoms with Crippen LogP contribution in [0.3, 0.4) is 0 Å². The lowest BCUT2D eigenvalue weighted by Crippen LogP contribution is -2.39. The van der Waals surface area contributed by atoms with Crippen LogP contribution in [0.2, 0.25) is 0 Å². The second-order valence-electron chi connectivity index (χ2n) is 10.6. The van der Waals surface area contributed by atoms with Crippen molar-refractivity contribution in [1.82, 2.24) is 9.78 Å². The van der Waals surface area contributed by atoms with E-state index in [1.807, 2.05) is 42.8 Å². The number of nitrogens with one attached hydrogen (secondary N) is 1. The number of aromatic nitrogens is 2. The minimum atomic E-state index is -0.823. The molecule has 0 radical (unpaired) electrons. The maximum absolute atomic E-state index is 13.2. The first-order valence-corrected chi connectivity index (χ1v) is 12.5. The average Bonchev–Trinajstić information content (AvgIpc) is 3.17. The molecule has 2 N–H and O–H groups in total. The van der Waals surface area contributed by atoms with Gasteiger partial charge in [-0.2, -0.15) is 5.10 Å². The molecule has 2 unspecified atom stereocenters. The highest BCUT2D eigenvalue weighted by Gasteiger charge is 2.68. The highest BCUT2D eigenvalue weighted by atomic mass is 16.4. The molecular weight excluding hydrogens is 414 g/mol. The first-order chi connectivity index (χ1) is 15.8. The van der Waals surface area contributed by atoms with Crippen molar-refractivity contribution in [1.29, 1.82) is 0 Å². The van der Waals surface area contributed by atoms with Crippen LogP contribution in [0, 0.1) is 29.1 Å². The normalized spacial score (nSPS) is 29.5. The lowest BCUT2D eigenvalue weighted by atomic mass is 9.68. The van der Waals surface area contributed by atoms with Gasteiger partial charge in [0.2, 0.25) is 5.91 Å². The molecule has 6 nitrogen and oxygen atoms in total. The number of rotatable bonds is 8. The number of carbonyl (C=O) groups is 2. The molecule has 3 saturated carbocycles. The third kappa shape index (κ3) is 3.87. The number of aliphatic carboxylic acids is 1. The Morgan fingerprint density at radius 1 is 1.15 bits per heavy atom. The van der Waals surface area contributed by atoms with Crippen LogP contribution < -0.4 is 5.32 Å². The monoisotopic (exact) mass is 449 g/mol. The van der Waals surface area contributed by atoms with Gasteiger partial charge in [-0.25, -0.2) is 0 Å². The first kappa shape index (κ1) is 22.2. The summed E-state index contributed by atoms with van der Waals surface area (Å²) in [6.45, 7) is 6.91. The van der Waals surface area contributed by atoms with Gasteiger partial charge in [-0.3, -0.25) is 14.3 Å². The largest absolute Gasteiger partial charge is 0.481 e. The van der Waals surface area contributed by atoms with Crippen LogP contribution in [0.25, 0.3) is 0 Å². The predicted octanol–water partition coefficient (Wildman–Crippen LogP) is 4.69. The molecule has 1 aromatic heterocycles. The van der Waals surface area contributed by atoms with E-state index in [-0.39, 0.29) is 18.2 Å². The van der Waals surface area contributed by atoms with Gasteiger partial charge in [0.1, 0.15) is 0 Å². The van der Waals surface area contributed by atoms with Crippen molar-refractivity contribution < 1.29 is 14.7 Å². The molecule has 3 aliphatic carbocycles. The van der Waals surface area contributed by atoms with E-state index in [1.54, 1.807) is 0 Å². The van der Waals surface area contributed by atoms with Gasteiger partial charge < -0.3 is 10.4 Å². The van der Waals surface area contributed by atoms with E-state index in [0.717, 1.165) is 52.9 Å². The van der Waals surface area contributed by atoms with Gasteiger partial charge in [-0.1, -0.05) is 32.9 Å². The van der Waals surface area contributed by atoms with Crippen LogP contribution in [-0.2, 0) is 35.4 Å². The maximum Gasteiger partial charge on any atom is 0.307 e. The predicted molar refractivity (Wildman–Crippen MR) is 127 cm³/mol. The summed E-state index contributed by atoms with van der Waals surface area (Å²) in [5, 5.41) is 17.2. The zero-order valence-electron chi connectivity index (χ0n) is 19.9. The standard InChI is InChI=1S/C27H35N3O3/c1-4-22-21(12-24(31)32)23(5-2)30(29-22)15-17-6-8-20(9-7-17)28-26(33)25-16(3)10-18-11-19-14-27(19,25)13-18/h6-9,16,18-19,25H,4-5,10-15H2,1-3H3,(H,28,33)(H,31,32)/t16-,18-,19+,25?,27?/m0/s1. The number of nitrogens with zero attached hydrogens (tertiary/aromatic N) is 2. The van der Waals surface area contributed by atoms with Gasteiger partial charge in [-0.05, 0) is 79.4 Å². The second-order valence-corrected chi connectivity index (χ2v) is 10.6. The number of aryl methyl sites for hydroxylation is 1. The van der Waals surface area contributed by atoms with Gasteiger partial charge in [0.25, 0.3) is 0 Å². The Balaban J connectivity index is 1.28.